The second-order valence-electron chi connectivity index (χ2n) is 9.78. The van der Waals surface area contributed by atoms with Crippen LogP contribution in [0.25, 0.3) is 0 Å². The molecular formula is C25H36N2O4Si. The van der Waals surface area contributed by atoms with Gasteiger partial charge in [0.25, 0.3) is 5.91 Å². The van der Waals surface area contributed by atoms with Gasteiger partial charge >= 0.3 is 0 Å². The van der Waals surface area contributed by atoms with Crippen LogP contribution in [-0.4, -0.2) is 46.1 Å². The summed E-state index contributed by atoms with van der Waals surface area (Å²) in [5.74, 6) is 0.657. The zero-order valence-electron chi connectivity index (χ0n) is 20.0. The standard InChI is InChI=1S/C25H36N2O4Si/c1-25(2,3)32(5,6)31-21-16-26-24(28)23(30-17-18-10-8-7-9-11-18)22(21)27-19-12-14-20(29-4)15-13-19/h7-15,21-23,27H,16-17H2,1-6H3,(H,26,28)/t21-,22+,23-/m1/s1. The predicted molar refractivity (Wildman–Crippen MR) is 131 cm³/mol. The Hall–Kier alpha value is -2.35. The Kier molecular flexibility index (Phi) is 7.64. The number of rotatable bonds is 8. The van der Waals surface area contributed by atoms with Crippen LogP contribution in [0.1, 0.15) is 26.3 Å². The third kappa shape index (κ3) is 5.91. The molecule has 32 heavy (non-hydrogen) atoms. The molecule has 0 saturated carbocycles. The molecule has 1 heterocycles. The molecule has 2 aromatic carbocycles. The number of hydrogen-bond donors (Lipinski definition) is 2. The predicted octanol–water partition coefficient (Wildman–Crippen LogP) is 4.58. The van der Waals surface area contributed by atoms with E-state index in [-0.39, 0.29) is 23.1 Å². The van der Waals surface area contributed by atoms with Gasteiger partial charge in [0, 0.05) is 12.2 Å². The van der Waals surface area contributed by atoms with E-state index in [0.29, 0.717) is 13.2 Å². The van der Waals surface area contributed by atoms with Crippen LogP contribution in [0.2, 0.25) is 18.1 Å². The summed E-state index contributed by atoms with van der Waals surface area (Å²) in [4.78, 5) is 12.9. The molecule has 0 unspecified atom stereocenters. The number of benzene rings is 2. The summed E-state index contributed by atoms with van der Waals surface area (Å²) in [6, 6.07) is 17.3. The molecule has 0 spiro atoms. The number of ether oxygens (including phenoxy) is 2. The van der Waals surface area contributed by atoms with Crippen molar-refractivity contribution in [2.24, 2.45) is 0 Å². The fourth-order valence-corrected chi connectivity index (χ4v) is 4.79. The van der Waals surface area contributed by atoms with Crippen molar-refractivity contribution in [3.05, 3.63) is 60.2 Å². The summed E-state index contributed by atoms with van der Waals surface area (Å²) in [6.07, 6.45) is -0.891. The molecule has 0 bridgehead atoms. The van der Waals surface area contributed by atoms with E-state index in [2.05, 4.69) is 44.5 Å². The fourth-order valence-electron chi connectivity index (χ4n) is 3.44. The average molecular weight is 457 g/mol. The van der Waals surface area contributed by atoms with Crippen LogP contribution in [-0.2, 0) is 20.6 Å². The van der Waals surface area contributed by atoms with E-state index in [4.69, 9.17) is 13.9 Å². The van der Waals surface area contributed by atoms with E-state index in [9.17, 15) is 4.79 Å². The van der Waals surface area contributed by atoms with Crippen molar-refractivity contribution in [1.29, 1.82) is 0 Å². The zero-order chi connectivity index (χ0) is 23.4. The number of nitrogens with one attached hydrogen (secondary N) is 2. The largest absolute Gasteiger partial charge is 0.497 e. The lowest BCUT2D eigenvalue weighted by Gasteiger charge is -2.45. The number of amides is 1. The highest BCUT2D eigenvalue weighted by Gasteiger charge is 2.46. The average Bonchev–Trinajstić information content (AvgIpc) is 2.75. The molecule has 0 aliphatic carbocycles. The molecular weight excluding hydrogens is 420 g/mol. The van der Waals surface area contributed by atoms with Gasteiger partial charge in [0.1, 0.15) is 5.75 Å². The molecule has 2 aromatic rings. The Labute approximate surface area is 192 Å². The Balaban J connectivity index is 1.85. The fraction of sp³-hybridized carbons (Fsp3) is 0.480. The lowest BCUT2D eigenvalue weighted by molar-refractivity contribution is -0.140. The number of hydrogen-bond acceptors (Lipinski definition) is 5. The van der Waals surface area contributed by atoms with Crippen molar-refractivity contribution in [3.63, 3.8) is 0 Å². The maximum atomic E-state index is 12.9. The van der Waals surface area contributed by atoms with E-state index in [1.807, 2.05) is 54.6 Å². The van der Waals surface area contributed by atoms with Gasteiger partial charge in [0.05, 0.1) is 25.9 Å². The van der Waals surface area contributed by atoms with E-state index >= 15 is 0 Å². The van der Waals surface area contributed by atoms with Gasteiger partial charge in [0.2, 0.25) is 0 Å². The van der Waals surface area contributed by atoms with E-state index in [0.717, 1.165) is 17.0 Å². The molecule has 1 amide bonds. The SMILES string of the molecule is COc1ccc(N[C@H]2[C@H](O[Si](C)(C)C(C)(C)C)CNC(=O)[C@@H]2OCc2ccccc2)cc1. The Morgan fingerprint density at radius 1 is 1.06 bits per heavy atom. The van der Waals surface area contributed by atoms with Crippen molar-refractivity contribution in [1.82, 2.24) is 5.32 Å². The number of methoxy groups -OCH3 is 1. The molecule has 2 N–H and O–H groups in total. The van der Waals surface area contributed by atoms with Crippen LogP contribution in [0.4, 0.5) is 5.69 Å². The summed E-state index contributed by atoms with van der Waals surface area (Å²) >= 11 is 0. The molecule has 6 nitrogen and oxygen atoms in total. The molecule has 174 valence electrons. The first-order valence-electron chi connectivity index (χ1n) is 11.1. The Bertz CT molecular complexity index is 881. The van der Waals surface area contributed by atoms with Crippen molar-refractivity contribution in [3.8, 4) is 5.75 Å². The maximum absolute atomic E-state index is 12.9. The summed E-state index contributed by atoms with van der Waals surface area (Å²) < 4.78 is 18.2. The summed E-state index contributed by atoms with van der Waals surface area (Å²) in [7, 11) is -0.428. The molecule has 0 aromatic heterocycles. The van der Waals surface area contributed by atoms with Crippen molar-refractivity contribution in [2.75, 3.05) is 19.0 Å². The maximum Gasteiger partial charge on any atom is 0.251 e. The topological polar surface area (TPSA) is 68.8 Å². The third-order valence-electron chi connectivity index (χ3n) is 6.41. The molecule has 1 aliphatic rings. The summed E-state index contributed by atoms with van der Waals surface area (Å²) in [5, 5.41) is 6.58. The molecule has 0 radical (unpaired) electrons. The minimum absolute atomic E-state index is 0.0551. The van der Waals surface area contributed by atoms with Gasteiger partial charge in [-0.1, -0.05) is 51.1 Å². The minimum atomic E-state index is -2.07. The van der Waals surface area contributed by atoms with E-state index in [1.165, 1.54) is 0 Å². The minimum Gasteiger partial charge on any atom is -0.497 e. The number of carbonyl (C=O) groups excluding carboxylic acids is 1. The second-order valence-corrected chi connectivity index (χ2v) is 14.5. The van der Waals surface area contributed by atoms with Crippen molar-refractivity contribution < 1.29 is 18.7 Å². The lowest BCUT2D eigenvalue weighted by atomic mass is 9.99. The van der Waals surface area contributed by atoms with Crippen LogP contribution < -0.4 is 15.4 Å². The highest BCUT2D eigenvalue weighted by molar-refractivity contribution is 6.74. The van der Waals surface area contributed by atoms with Crippen LogP contribution in [0, 0.1) is 0 Å². The van der Waals surface area contributed by atoms with Crippen LogP contribution in [0.5, 0.6) is 5.75 Å². The van der Waals surface area contributed by atoms with Gasteiger partial charge in [-0.15, -0.1) is 0 Å². The van der Waals surface area contributed by atoms with Gasteiger partial charge in [-0.3, -0.25) is 4.79 Å². The number of anilines is 1. The highest BCUT2D eigenvalue weighted by atomic mass is 28.4. The van der Waals surface area contributed by atoms with Gasteiger partial charge in [0.15, 0.2) is 14.4 Å². The Morgan fingerprint density at radius 3 is 2.31 bits per heavy atom. The first kappa shape index (κ1) is 24.3. The van der Waals surface area contributed by atoms with Gasteiger partial charge in [-0.25, -0.2) is 0 Å². The smallest absolute Gasteiger partial charge is 0.251 e. The normalized spacial score (nSPS) is 21.7. The first-order chi connectivity index (χ1) is 15.1. The monoisotopic (exact) mass is 456 g/mol. The molecule has 7 heteroatoms. The lowest BCUT2D eigenvalue weighted by Crippen LogP contribution is -2.64. The zero-order valence-corrected chi connectivity index (χ0v) is 21.0. The van der Waals surface area contributed by atoms with Crippen LogP contribution in [0.3, 0.4) is 0 Å². The second kappa shape index (κ2) is 10.1. The quantitative estimate of drug-likeness (QED) is 0.569. The molecule has 3 atom stereocenters. The van der Waals surface area contributed by atoms with E-state index in [1.54, 1.807) is 7.11 Å². The highest BCUT2D eigenvalue weighted by Crippen LogP contribution is 2.38. The number of carbonyl (C=O) groups is 1. The molecule has 1 aliphatic heterocycles. The molecule has 3 rings (SSSR count). The van der Waals surface area contributed by atoms with Crippen LogP contribution in [0.15, 0.2) is 54.6 Å². The molecule has 1 saturated heterocycles. The van der Waals surface area contributed by atoms with Crippen molar-refractivity contribution in [2.45, 2.75) is 63.8 Å². The first-order valence-corrected chi connectivity index (χ1v) is 14.0. The van der Waals surface area contributed by atoms with Gasteiger partial charge in [-0.2, -0.15) is 0 Å². The molecule has 1 fully saturated rings. The third-order valence-corrected chi connectivity index (χ3v) is 10.9. The number of piperidine rings is 1. The summed E-state index contributed by atoms with van der Waals surface area (Å²) in [5.41, 5.74) is 1.92. The van der Waals surface area contributed by atoms with Gasteiger partial charge < -0.3 is 24.5 Å². The van der Waals surface area contributed by atoms with Crippen LogP contribution >= 0.6 is 0 Å². The van der Waals surface area contributed by atoms with Crippen molar-refractivity contribution >= 4 is 19.9 Å². The summed E-state index contributed by atoms with van der Waals surface area (Å²) in [6.45, 7) is 11.9. The Morgan fingerprint density at radius 2 is 1.72 bits per heavy atom. The van der Waals surface area contributed by atoms with Gasteiger partial charge in [-0.05, 0) is 48.0 Å². The van der Waals surface area contributed by atoms with E-state index < -0.39 is 14.4 Å².